The number of hydrogen-bond donors (Lipinski definition) is 0. The molecule has 0 nitrogen and oxygen atoms in total. The predicted molar refractivity (Wildman–Crippen MR) is 31.9 cm³/mol. The SMILES string of the molecule is CC1=CC[CH-]CC1.[Y].[Y].[Y]. The molecule has 0 aliphatic heterocycles. The van der Waals surface area contributed by atoms with Gasteiger partial charge in [0.25, 0.3) is 0 Å². The van der Waals surface area contributed by atoms with Crippen LogP contribution in [-0.4, -0.2) is 0 Å². The monoisotopic (exact) mass is 362 g/mol. The average Bonchev–Trinajstić information content (AvgIpc) is 1.69. The molecule has 0 spiro atoms. The van der Waals surface area contributed by atoms with Crippen molar-refractivity contribution in [2.24, 2.45) is 0 Å². The summed E-state index contributed by atoms with van der Waals surface area (Å²) in [5, 5.41) is 0. The zero-order valence-corrected chi connectivity index (χ0v) is 15.0. The van der Waals surface area contributed by atoms with E-state index in [1.807, 2.05) is 0 Å². The van der Waals surface area contributed by atoms with Gasteiger partial charge in [-0.1, -0.05) is 12.0 Å². The van der Waals surface area contributed by atoms with Crippen LogP contribution in [0.25, 0.3) is 0 Å². The van der Waals surface area contributed by atoms with E-state index < -0.39 is 0 Å². The maximum Gasteiger partial charge on any atom is 0 e. The quantitative estimate of drug-likeness (QED) is 0.459. The fraction of sp³-hybridized carbons (Fsp3) is 0.571. The Bertz CT molecular complexity index is 88.9. The van der Waals surface area contributed by atoms with Gasteiger partial charge in [-0.05, 0) is 6.92 Å². The van der Waals surface area contributed by atoms with Crippen LogP contribution in [0.3, 0.4) is 0 Å². The maximum atomic E-state index is 2.33. The molecule has 0 atom stereocenters. The first-order chi connectivity index (χ1) is 3.39. The molecule has 3 heteroatoms. The molecule has 1 rings (SSSR count). The fourth-order valence-electron chi connectivity index (χ4n) is 0.834. The molecule has 0 aromatic heterocycles. The largest absolute Gasteiger partial charge is 0.325 e. The van der Waals surface area contributed by atoms with Crippen molar-refractivity contribution in [3.63, 3.8) is 0 Å². The molecule has 10 heavy (non-hydrogen) atoms. The van der Waals surface area contributed by atoms with Gasteiger partial charge in [-0.2, -0.15) is 12.8 Å². The normalized spacial score (nSPS) is 15.1. The summed E-state index contributed by atoms with van der Waals surface area (Å²) in [6, 6.07) is 0. The summed E-state index contributed by atoms with van der Waals surface area (Å²) in [5.41, 5.74) is 1.56. The number of allylic oxidation sites excluding steroid dienone is 2. The van der Waals surface area contributed by atoms with Crippen molar-refractivity contribution in [1.82, 2.24) is 0 Å². The summed E-state index contributed by atoms with van der Waals surface area (Å²) < 4.78 is 0. The van der Waals surface area contributed by atoms with Gasteiger partial charge in [0.2, 0.25) is 0 Å². The molecule has 0 bridgehead atoms. The van der Waals surface area contributed by atoms with Crippen molar-refractivity contribution in [2.45, 2.75) is 26.2 Å². The van der Waals surface area contributed by atoms with E-state index in [9.17, 15) is 0 Å². The third-order valence-electron chi connectivity index (χ3n) is 1.38. The van der Waals surface area contributed by atoms with E-state index in [2.05, 4.69) is 19.4 Å². The van der Waals surface area contributed by atoms with Crippen LogP contribution in [0.4, 0.5) is 0 Å². The summed E-state index contributed by atoms with van der Waals surface area (Å²) in [4.78, 5) is 0. The van der Waals surface area contributed by atoms with E-state index in [4.69, 9.17) is 0 Å². The van der Waals surface area contributed by atoms with E-state index >= 15 is 0 Å². The zero-order chi connectivity index (χ0) is 5.11. The van der Waals surface area contributed by atoms with Gasteiger partial charge >= 0.3 is 0 Å². The second-order valence-corrected chi connectivity index (χ2v) is 2.11. The molecular formula is C7H11Y3-. The van der Waals surface area contributed by atoms with Gasteiger partial charge in [0.15, 0.2) is 0 Å². The minimum Gasteiger partial charge on any atom is -0.325 e. The average molecular weight is 362 g/mol. The van der Waals surface area contributed by atoms with Gasteiger partial charge in [-0.3, -0.25) is 0 Å². The smallest absolute Gasteiger partial charge is 0 e. The molecule has 0 heterocycles. The molecule has 0 aromatic rings. The summed E-state index contributed by atoms with van der Waals surface area (Å²) in [5.74, 6) is 0. The van der Waals surface area contributed by atoms with Crippen molar-refractivity contribution in [2.75, 3.05) is 0 Å². The molecule has 1 aliphatic carbocycles. The van der Waals surface area contributed by atoms with Gasteiger partial charge in [0, 0.05) is 98.1 Å². The first-order valence-corrected chi connectivity index (χ1v) is 2.87. The topological polar surface area (TPSA) is 0 Å². The van der Waals surface area contributed by atoms with E-state index in [1.165, 1.54) is 19.3 Å². The Hall–Kier alpha value is 3.05. The third-order valence-corrected chi connectivity index (χ3v) is 1.38. The molecule has 0 fully saturated rings. The summed E-state index contributed by atoms with van der Waals surface area (Å²) in [7, 11) is 0. The molecule has 0 amide bonds. The molecule has 0 unspecified atom stereocenters. The number of rotatable bonds is 0. The van der Waals surface area contributed by atoms with Crippen LogP contribution in [-0.2, 0) is 98.1 Å². The van der Waals surface area contributed by atoms with Crippen LogP contribution in [0.15, 0.2) is 11.6 Å². The third kappa shape index (κ3) is 9.14. The predicted octanol–water partition coefficient (Wildman–Crippen LogP) is 2.31. The molecule has 0 saturated carbocycles. The molecule has 49 valence electrons. The molecule has 0 N–H and O–H groups in total. The van der Waals surface area contributed by atoms with Crippen LogP contribution >= 0.6 is 0 Å². The van der Waals surface area contributed by atoms with Gasteiger partial charge in [-0.25, -0.2) is 0 Å². The van der Waals surface area contributed by atoms with E-state index in [-0.39, 0.29) is 98.1 Å². The maximum absolute atomic E-state index is 2.33. The first kappa shape index (κ1) is 18.8. The van der Waals surface area contributed by atoms with Gasteiger partial charge in [-0.15, -0.1) is 6.08 Å². The van der Waals surface area contributed by atoms with Crippen LogP contribution in [0.1, 0.15) is 26.2 Å². The van der Waals surface area contributed by atoms with E-state index in [0.29, 0.717) is 0 Å². The van der Waals surface area contributed by atoms with Gasteiger partial charge in [0.05, 0.1) is 0 Å². The zero-order valence-electron chi connectivity index (χ0n) is 6.51. The summed E-state index contributed by atoms with van der Waals surface area (Å²) in [6.07, 6.45) is 8.41. The van der Waals surface area contributed by atoms with Crippen LogP contribution in [0, 0.1) is 6.42 Å². The summed E-state index contributed by atoms with van der Waals surface area (Å²) >= 11 is 0. The number of hydrogen-bond acceptors (Lipinski definition) is 0. The van der Waals surface area contributed by atoms with Gasteiger partial charge in [0.1, 0.15) is 0 Å². The van der Waals surface area contributed by atoms with Crippen molar-refractivity contribution < 1.29 is 98.1 Å². The Kier molecular flexibility index (Phi) is 22.6. The first-order valence-electron chi connectivity index (χ1n) is 2.87. The van der Waals surface area contributed by atoms with Gasteiger partial charge < -0.3 is 6.42 Å². The van der Waals surface area contributed by atoms with Crippen LogP contribution in [0.5, 0.6) is 0 Å². The molecule has 0 aromatic carbocycles. The Morgan fingerprint density at radius 1 is 1.30 bits per heavy atom. The van der Waals surface area contributed by atoms with Crippen LogP contribution < -0.4 is 0 Å². The van der Waals surface area contributed by atoms with Crippen LogP contribution in [0.2, 0.25) is 0 Å². The van der Waals surface area contributed by atoms with Crippen molar-refractivity contribution in [3.8, 4) is 0 Å². The molecule has 1 aliphatic rings. The van der Waals surface area contributed by atoms with Crippen molar-refractivity contribution >= 4 is 0 Å². The fourth-order valence-corrected chi connectivity index (χ4v) is 0.834. The molecular weight excluding hydrogens is 351 g/mol. The standard InChI is InChI=1S/C7H11.3Y/c1-7-5-3-2-4-6-7;;;/h2,5H,3-4,6H2,1H3;;;/q-1;;;. The second kappa shape index (κ2) is 12.1. The Morgan fingerprint density at radius 3 is 2.10 bits per heavy atom. The Labute approximate surface area is 139 Å². The Balaban J connectivity index is -0.000000163. The second-order valence-electron chi connectivity index (χ2n) is 2.11. The minimum atomic E-state index is 0. The van der Waals surface area contributed by atoms with E-state index in [1.54, 1.807) is 5.57 Å². The molecule has 3 radical (unpaired) electrons. The summed E-state index contributed by atoms with van der Waals surface area (Å²) in [6.45, 7) is 2.20. The van der Waals surface area contributed by atoms with E-state index in [0.717, 1.165) is 0 Å². The Morgan fingerprint density at radius 2 is 1.90 bits per heavy atom. The minimum absolute atomic E-state index is 0. The van der Waals surface area contributed by atoms with Crippen molar-refractivity contribution in [1.29, 1.82) is 0 Å². The van der Waals surface area contributed by atoms with Crippen molar-refractivity contribution in [3.05, 3.63) is 18.1 Å². The molecule has 0 saturated heterocycles.